The second-order valence-electron chi connectivity index (χ2n) is 5.77. The molecule has 80 valence electrons. The van der Waals surface area contributed by atoms with Crippen LogP contribution >= 0.6 is 0 Å². The quantitative estimate of drug-likeness (QED) is 0.714. The first kappa shape index (κ1) is 9.17. The van der Waals surface area contributed by atoms with Crippen molar-refractivity contribution < 1.29 is 0 Å². The first-order chi connectivity index (χ1) is 6.81. The molecule has 3 aliphatic carbocycles. The Morgan fingerprint density at radius 1 is 1.00 bits per heavy atom. The molecule has 0 aromatic rings. The smallest absolute Gasteiger partial charge is 0.00726 e. The van der Waals surface area contributed by atoms with Crippen LogP contribution in [0.4, 0.5) is 0 Å². The van der Waals surface area contributed by atoms with Crippen LogP contribution in [0.5, 0.6) is 0 Å². The van der Waals surface area contributed by atoms with Gasteiger partial charge in [0.05, 0.1) is 0 Å². The van der Waals surface area contributed by atoms with Crippen LogP contribution in [0.2, 0.25) is 0 Å². The van der Waals surface area contributed by atoms with Gasteiger partial charge in [0.2, 0.25) is 0 Å². The Labute approximate surface area is 86.6 Å². The minimum absolute atomic E-state index is 0.499. The molecule has 0 radical (unpaired) electrons. The summed E-state index contributed by atoms with van der Waals surface area (Å²) in [7, 11) is 0. The summed E-state index contributed by atoms with van der Waals surface area (Å²) >= 11 is 0. The van der Waals surface area contributed by atoms with Gasteiger partial charge >= 0.3 is 0 Å². The van der Waals surface area contributed by atoms with Crippen molar-refractivity contribution in [3.63, 3.8) is 0 Å². The molecule has 3 rings (SSSR count). The summed E-state index contributed by atoms with van der Waals surface area (Å²) in [5.74, 6) is 3.10. The summed E-state index contributed by atoms with van der Waals surface area (Å²) in [6, 6.07) is 1.36. The fourth-order valence-corrected chi connectivity index (χ4v) is 3.51. The topological polar surface area (TPSA) is 38.0 Å². The van der Waals surface area contributed by atoms with E-state index >= 15 is 0 Å². The highest BCUT2D eigenvalue weighted by Crippen LogP contribution is 2.51. The molecule has 3 fully saturated rings. The highest BCUT2D eigenvalue weighted by atomic mass is 14.9. The minimum Gasteiger partial charge on any atom is -0.328 e. The standard InChI is InChI=1S/C12H22N2/c13-11-2-1-8(3-11)7-14-12-5-9-4-10(9)6-12/h8-12,14H,1-7,13H2. The lowest BCUT2D eigenvalue weighted by Crippen LogP contribution is -2.32. The Hall–Kier alpha value is -0.0800. The third-order valence-corrected chi connectivity index (χ3v) is 4.52. The van der Waals surface area contributed by atoms with Crippen LogP contribution in [-0.2, 0) is 0 Å². The van der Waals surface area contributed by atoms with Crippen molar-refractivity contribution in [3.8, 4) is 0 Å². The van der Waals surface area contributed by atoms with E-state index in [1.54, 1.807) is 0 Å². The second-order valence-corrected chi connectivity index (χ2v) is 5.77. The summed E-state index contributed by atoms with van der Waals surface area (Å²) in [6.07, 6.45) is 8.32. The molecule has 0 saturated heterocycles. The lowest BCUT2D eigenvalue weighted by Gasteiger charge is -2.17. The minimum atomic E-state index is 0.499. The molecule has 0 aliphatic heterocycles. The van der Waals surface area contributed by atoms with Crippen LogP contribution in [0.3, 0.4) is 0 Å². The predicted molar refractivity (Wildman–Crippen MR) is 57.9 cm³/mol. The largest absolute Gasteiger partial charge is 0.328 e. The first-order valence-electron chi connectivity index (χ1n) is 6.30. The van der Waals surface area contributed by atoms with Crippen molar-refractivity contribution in [1.82, 2.24) is 5.32 Å². The number of rotatable bonds is 3. The predicted octanol–water partition coefficient (Wildman–Crippen LogP) is 1.50. The third kappa shape index (κ3) is 1.82. The zero-order chi connectivity index (χ0) is 9.54. The highest BCUT2D eigenvalue weighted by molar-refractivity contribution is 4.99. The van der Waals surface area contributed by atoms with Gasteiger partial charge in [-0.05, 0) is 62.8 Å². The molecule has 0 heterocycles. The van der Waals surface area contributed by atoms with E-state index in [2.05, 4.69) is 5.32 Å². The van der Waals surface area contributed by atoms with Crippen molar-refractivity contribution in [2.45, 2.75) is 50.6 Å². The molecule has 4 unspecified atom stereocenters. The van der Waals surface area contributed by atoms with Gasteiger partial charge in [-0.2, -0.15) is 0 Å². The zero-order valence-corrected chi connectivity index (χ0v) is 8.91. The molecule has 0 amide bonds. The third-order valence-electron chi connectivity index (χ3n) is 4.52. The summed E-state index contributed by atoms with van der Waals surface area (Å²) in [5.41, 5.74) is 5.91. The van der Waals surface area contributed by atoms with Gasteiger partial charge in [0.15, 0.2) is 0 Å². The SMILES string of the molecule is NC1CCC(CNC2CC3CC3C2)C1. The summed E-state index contributed by atoms with van der Waals surface area (Å²) in [4.78, 5) is 0. The van der Waals surface area contributed by atoms with E-state index in [9.17, 15) is 0 Å². The van der Waals surface area contributed by atoms with Gasteiger partial charge in [-0.25, -0.2) is 0 Å². The van der Waals surface area contributed by atoms with E-state index < -0.39 is 0 Å². The van der Waals surface area contributed by atoms with Crippen LogP contribution in [0.1, 0.15) is 38.5 Å². The second kappa shape index (κ2) is 3.49. The highest BCUT2D eigenvalue weighted by Gasteiger charge is 2.45. The number of fused-ring (bicyclic) bond motifs is 1. The molecule has 0 aromatic heterocycles. The van der Waals surface area contributed by atoms with Crippen molar-refractivity contribution in [1.29, 1.82) is 0 Å². The monoisotopic (exact) mass is 194 g/mol. The van der Waals surface area contributed by atoms with Crippen molar-refractivity contribution >= 4 is 0 Å². The molecule has 2 heteroatoms. The van der Waals surface area contributed by atoms with Crippen LogP contribution < -0.4 is 11.1 Å². The van der Waals surface area contributed by atoms with Gasteiger partial charge in [-0.15, -0.1) is 0 Å². The van der Waals surface area contributed by atoms with Gasteiger partial charge < -0.3 is 11.1 Å². The Morgan fingerprint density at radius 3 is 2.43 bits per heavy atom. The summed E-state index contributed by atoms with van der Waals surface area (Å²) in [5, 5.41) is 3.75. The van der Waals surface area contributed by atoms with Crippen molar-refractivity contribution in [2.75, 3.05) is 6.54 Å². The van der Waals surface area contributed by atoms with E-state index in [1.165, 1.54) is 45.1 Å². The Bertz CT molecular complexity index is 199. The Kier molecular flexibility index (Phi) is 2.29. The molecule has 3 aliphatic rings. The molecule has 4 atom stereocenters. The van der Waals surface area contributed by atoms with Gasteiger partial charge in [0.1, 0.15) is 0 Å². The van der Waals surface area contributed by atoms with Crippen LogP contribution in [-0.4, -0.2) is 18.6 Å². The molecule has 14 heavy (non-hydrogen) atoms. The average Bonchev–Trinajstić information content (AvgIpc) is 2.63. The summed E-state index contributed by atoms with van der Waals surface area (Å²) < 4.78 is 0. The number of hydrogen-bond donors (Lipinski definition) is 2. The first-order valence-corrected chi connectivity index (χ1v) is 6.30. The normalized spacial score (nSPS) is 50.8. The Balaban J connectivity index is 1.37. The fourth-order valence-electron chi connectivity index (χ4n) is 3.51. The van der Waals surface area contributed by atoms with E-state index in [0.29, 0.717) is 6.04 Å². The maximum Gasteiger partial charge on any atom is 0.00726 e. The molecular formula is C12H22N2. The lowest BCUT2D eigenvalue weighted by atomic mass is 10.1. The number of nitrogens with two attached hydrogens (primary N) is 1. The van der Waals surface area contributed by atoms with E-state index in [4.69, 9.17) is 5.73 Å². The van der Waals surface area contributed by atoms with Crippen molar-refractivity contribution in [3.05, 3.63) is 0 Å². The molecule has 0 bridgehead atoms. The molecule has 0 spiro atoms. The molecule has 3 N–H and O–H groups in total. The van der Waals surface area contributed by atoms with Gasteiger partial charge in [0.25, 0.3) is 0 Å². The van der Waals surface area contributed by atoms with Crippen LogP contribution in [0.15, 0.2) is 0 Å². The Morgan fingerprint density at radius 2 is 1.79 bits per heavy atom. The lowest BCUT2D eigenvalue weighted by molar-refractivity contribution is 0.412. The van der Waals surface area contributed by atoms with E-state index in [1.807, 2.05) is 0 Å². The van der Waals surface area contributed by atoms with Crippen molar-refractivity contribution in [2.24, 2.45) is 23.5 Å². The zero-order valence-electron chi connectivity index (χ0n) is 8.91. The molecule has 0 aromatic carbocycles. The maximum atomic E-state index is 5.91. The van der Waals surface area contributed by atoms with E-state index in [-0.39, 0.29) is 0 Å². The van der Waals surface area contributed by atoms with Gasteiger partial charge in [-0.1, -0.05) is 0 Å². The maximum absolute atomic E-state index is 5.91. The molecular weight excluding hydrogens is 172 g/mol. The number of nitrogens with one attached hydrogen (secondary N) is 1. The van der Waals surface area contributed by atoms with Gasteiger partial charge in [0, 0.05) is 12.1 Å². The average molecular weight is 194 g/mol. The number of hydrogen-bond acceptors (Lipinski definition) is 2. The summed E-state index contributed by atoms with van der Waals surface area (Å²) in [6.45, 7) is 1.23. The van der Waals surface area contributed by atoms with E-state index in [0.717, 1.165) is 23.8 Å². The fraction of sp³-hybridized carbons (Fsp3) is 1.00. The molecule has 2 nitrogen and oxygen atoms in total. The van der Waals surface area contributed by atoms with Crippen LogP contribution in [0.25, 0.3) is 0 Å². The van der Waals surface area contributed by atoms with Crippen LogP contribution in [0, 0.1) is 17.8 Å². The van der Waals surface area contributed by atoms with Gasteiger partial charge in [-0.3, -0.25) is 0 Å². The molecule has 3 saturated carbocycles.